The van der Waals surface area contributed by atoms with Crippen molar-refractivity contribution in [3.63, 3.8) is 0 Å². The second kappa shape index (κ2) is 5.81. The van der Waals surface area contributed by atoms with Crippen LogP contribution in [0.3, 0.4) is 0 Å². The van der Waals surface area contributed by atoms with Crippen molar-refractivity contribution in [2.24, 2.45) is 0 Å². The molecule has 0 aliphatic rings. The second-order valence-electron chi connectivity index (χ2n) is 4.37. The minimum absolute atomic E-state index is 0.0581. The maximum Gasteiger partial charge on any atom is 0.416 e. The fourth-order valence-corrected chi connectivity index (χ4v) is 1.73. The lowest BCUT2D eigenvalue weighted by Crippen LogP contribution is -2.24. The molecule has 6 heteroatoms. The van der Waals surface area contributed by atoms with Crippen LogP contribution in [0.4, 0.5) is 13.2 Å². The first kappa shape index (κ1) is 14.2. The second-order valence-corrected chi connectivity index (χ2v) is 4.37. The van der Waals surface area contributed by atoms with Gasteiger partial charge in [-0.2, -0.15) is 13.2 Å². The molecule has 1 aromatic carbocycles. The van der Waals surface area contributed by atoms with Crippen LogP contribution in [0.15, 0.2) is 42.7 Å². The predicted molar refractivity (Wildman–Crippen MR) is 67.8 cm³/mol. The van der Waals surface area contributed by atoms with Crippen LogP contribution in [0.5, 0.6) is 0 Å². The molecule has 0 spiro atoms. The van der Waals surface area contributed by atoms with E-state index in [0.29, 0.717) is 12.1 Å². The molecular formula is C14H13F3N2O. The molecule has 0 aliphatic heterocycles. The normalized spacial score (nSPS) is 11.3. The first-order valence-electron chi connectivity index (χ1n) is 5.99. The molecule has 20 heavy (non-hydrogen) atoms. The molecule has 3 nitrogen and oxygen atoms in total. The van der Waals surface area contributed by atoms with Gasteiger partial charge in [-0.05, 0) is 29.3 Å². The number of benzene rings is 1. The van der Waals surface area contributed by atoms with Crippen LogP contribution in [0.25, 0.3) is 0 Å². The quantitative estimate of drug-likeness (QED) is 0.889. The highest BCUT2D eigenvalue weighted by Gasteiger charge is 2.29. The molecule has 2 N–H and O–H groups in total. The van der Waals surface area contributed by atoms with Crippen molar-refractivity contribution in [3.8, 4) is 0 Å². The Kier molecular flexibility index (Phi) is 4.12. The van der Waals surface area contributed by atoms with E-state index in [0.717, 1.165) is 17.7 Å². The van der Waals surface area contributed by atoms with E-state index in [9.17, 15) is 18.0 Å². The fourth-order valence-electron chi connectivity index (χ4n) is 1.73. The van der Waals surface area contributed by atoms with Gasteiger partial charge in [0, 0.05) is 18.9 Å². The molecule has 2 aromatic rings. The lowest BCUT2D eigenvalue weighted by atomic mass is 10.1. The third-order valence-corrected chi connectivity index (χ3v) is 2.80. The molecule has 0 atom stereocenters. The Morgan fingerprint density at radius 2 is 1.80 bits per heavy atom. The average Bonchev–Trinajstić information content (AvgIpc) is 2.89. The molecule has 1 amide bonds. The minimum Gasteiger partial charge on any atom is -0.367 e. The third-order valence-electron chi connectivity index (χ3n) is 2.80. The van der Waals surface area contributed by atoms with Crippen molar-refractivity contribution in [1.29, 1.82) is 0 Å². The number of alkyl halides is 3. The Balaban J connectivity index is 1.88. The summed E-state index contributed by atoms with van der Waals surface area (Å²) in [7, 11) is 0. The summed E-state index contributed by atoms with van der Waals surface area (Å²) < 4.78 is 37.1. The van der Waals surface area contributed by atoms with Crippen LogP contribution in [0.2, 0.25) is 0 Å². The van der Waals surface area contributed by atoms with Crippen molar-refractivity contribution in [3.05, 3.63) is 59.4 Å². The molecule has 106 valence electrons. The first-order valence-corrected chi connectivity index (χ1v) is 5.99. The Morgan fingerprint density at radius 3 is 2.35 bits per heavy atom. The zero-order valence-corrected chi connectivity index (χ0v) is 10.5. The van der Waals surface area contributed by atoms with E-state index in [1.54, 1.807) is 12.4 Å². The van der Waals surface area contributed by atoms with Gasteiger partial charge >= 0.3 is 6.18 Å². The van der Waals surface area contributed by atoms with Crippen LogP contribution >= 0.6 is 0 Å². The first-order chi connectivity index (χ1) is 9.45. The standard InChI is InChI=1S/C14H13F3N2O/c15-14(16,17)12-3-1-10(2-4-12)7-13(20)19-9-11-5-6-18-8-11/h1-6,8,18H,7,9H2,(H,19,20). The number of carbonyl (C=O) groups is 1. The Morgan fingerprint density at radius 1 is 1.10 bits per heavy atom. The van der Waals surface area contributed by atoms with E-state index in [-0.39, 0.29) is 12.3 Å². The van der Waals surface area contributed by atoms with Crippen LogP contribution in [0, 0.1) is 0 Å². The van der Waals surface area contributed by atoms with Gasteiger partial charge in [0.05, 0.1) is 12.0 Å². The van der Waals surface area contributed by atoms with E-state index < -0.39 is 11.7 Å². The zero-order chi connectivity index (χ0) is 14.6. The molecule has 0 aliphatic carbocycles. The van der Waals surface area contributed by atoms with Gasteiger partial charge < -0.3 is 10.3 Å². The molecule has 0 radical (unpaired) electrons. The largest absolute Gasteiger partial charge is 0.416 e. The summed E-state index contributed by atoms with van der Waals surface area (Å²) in [6.45, 7) is 0.392. The van der Waals surface area contributed by atoms with Gasteiger partial charge in [-0.25, -0.2) is 0 Å². The van der Waals surface area contributed by atoms with Gasteiger partial charge in [0.1, 0.15) is 0 Å². The lowest BCUT2D eigenvalue weighted by Gasteiger charge is -2.08. The number of hydrogen-bond acceptors (Lipinski definition) is 1. The summed E-state index contributed by atoms with van der Waals surface area (Å²) in [5, 5.41) is 2.70. The monoisotopic (exact) mass is 282 g/mol. The Bertz CT molecular complexity index is 559. The molecule has 0 saturated carbocycles. The van der Waals surface area contributed by atoms with Crippen LogP contribution in [-0.2, 0) is 23.9 Å². The number of H-pyrrole nitrogens is 1. The highest BCUT2D eigenvalue weighted by Crippen LogP contribution is 2.29. The van der Waals surface area contributed by atoms with E-state index >= 15 is 0 Å². The number of aromatic amines is 1. The van der Waals surface area contributed by atoms with Crippen LogP contribution < -0.4 is 5.32 Å². The number of aromatic nitrogens is 1. The smallest absolute Gasteiger partial charge is 0.367 e. The van der Waals surface area contributed by atoms with Crippen molar-refractivity contribution in [1.82, 2.24) is 10.3 Å². The number of rotatable bonds is 4. The molecule has 0 bridgehead atoms. The molecule has 1 aromatic heterocycles. The summed E-state index contributed by atoms with van der Waals surface area (Å²) in [6, 6.07) is 6.43. The highest BCUT2D eigenvalue weighted by atomic mass is 19.4. The average molecular weight is 282 g/mol. The summed E-state index contributed by atoms with van der Waals surface area (Å²) in [5.74, 6) is -0.231. The van der Waals surface area contributed by atoms with E-state index in [4.69, 9.17) is 0 Å². The third kappa shape index (κ3) is 3.88. The predicted octanol–water partition coefficient (Wildman–Crippen LogP) is 2.89. The molecular weight excluding hydrogens is 269 g/mol. The van der Waals surface area contributed by atoms with Gasteiger partial charge in [-0.3, -0.25) is 4.79 Å². The van der Waals surface area contributed by atoms with Crippen molar-refractivity contribution in [2.45, 2.75) is 19.1 Å². The highest BCUT2D eigenvalue weighted by molar-refractivity contribution is 5.78. The summed E-state index contributed by atoms with van der Waals surface area (Å²) in [5.41, 5.74) is 0.768. The molecule has 0 saturated heterocycles. The van der Waals surface area contributed by atoms with Crippen LogP contribution in [-0.4, -0.2) is 10.9 Å². The van der Waals surface area contributed by atoms with Crippen molar-refractivity contribution in [2.75, 3.05) is 0 Å². The maximum absolute atomic E-state index is 12.4. The summed E-state index contributed by atoms with van der Waals surface area (Å²) >= 11 is 0. The fraction of sp³-hybridized carbons (Fsp3) is 0.214. The minimum atomic E-state index is -4.35. The van der Waals surface area contributed by atoms with E-state index in [1.807, 2.05) is 6.07 Å². The molecule has 0 unspecified atom stereocenters. The Hall–Kier alpha value is -2.24. The van der Waals surface area contributed by atoms with Crippen molar-refractivity contribution < 1.29 is 18.0 Å². The molecule has 2 rings (SSSR count). The van der Waals surface area contributed by atoms with Gasteiger partial charge in [0.2, 0.25) is 5.91 Å². The maximum atomic E-state index is 12.4. The number of nitrogens with one attached hydrogen (secondary N) is 2. The zero-order valence-electron chi connectivity index (χ0n) is 10.5. The number of halogens is 3. The van der Waals surface area contributed by atoms with Crippen molar-refractivity contribution >= 4 is 5.91 Å². The number of carbonyl (C=O) groups excluding carboxylic acids is 1. The van der Waals surface area contributed by atoms with Crippen LogP contribution in [0.1, 0.15) is 16.7 Å². The topological polar surface area (TPSA) is 44.9 Å². The summed E-state index contributed by atoms with van der Waals surface area (Å²) in [4.78, 5) is 14.5. The number of amides is 1. The number of hydrogen-bond donors (Lipinski definition) is 2. The SMILES string of the molecule is O=C(Cc1ccc(C(F)(F)F)cc1)NCc1cc[nH]c1. The van der Waals surface area contributed by atoms with Gasteiger partial charge in [0.25, 0.3) is 0 Å². The van der Waals surface area contributed by atoms with Gasteiger partial charge in [-0.1, -0.05) is 12.1 Å². The van der Waals surface area contributed by atoms with E-state index in [1.165, 1.54) is 12.1 Å². The van der Waals surface area contributed by atoms with Gasteiger partial charge in [-0.15, -0.1) is 0 Å². The lowest BCUT2D eigenvalue weighted by molar-refractivity contribution is -0.137. The van der Waals surface area contributed by atoms with Gasteiger partial charge in [0.15, 0.2) is 0 Å². The summed E-state index contributed by atoms with van der Waals surface area (Å²) in [6.07, 6.45) is -0.784. The Labute approximate surface area is 113 Å². The molecule has 1 heterocycles. The van der Waals surface area contributed by atoms with E-state index in [2.05, 4.69) is 10.3 Å². The molecule has 0 fully saturated rings.